The number of alkyl halides is 5. The second-order valence-corrected chi connectivity index (χ2v) is 8.11. The van der Waals surface area contributed by atoms with Crippen molar-refractivity contribution >= 4 is 29.0 Å². The Morgan fingerprint density at radius 2 is 1.81 bits per heavy atom. The van der Waals surface area contributed by atoms with Crippen LogP contribution in [0.2, 0.25) is 0 Å². The first kappa shape index (κ1) is 26.6. The number of amides is 2. The summed E-state index contributed by atoms with van der Waals surface area (Å²) in [5, 5.41) is 9.08. The van der Waals surface area contributed by atoms with Crippen molar-refractivity contribution in [1.29, 1.82) is 0 Å². The second kappa shape index (κ2) is 9.96. The van der Waals surface area contributed by atoms with Crippen LogP contribution in [0.15, 0.2) is 48.5 Å². The number of rotatable bonds is 5. The molecule has 2 amide bonds. The number of para-hydroxylation sites is 1. The first-order valence-electron chi connectivity index (χ1n) is 10.5. The third kappa shape index (κ3) is 5.64. The van der Waals surface area contributed by atoms with Crippen molar-refractivity contribution in [3.63, 3.8) is 0 Å². The third-order valence-corrected chi connectivity index (χ3v) is 5.43. The minimum Gasteiger partial charge on any atom is -0.484 e. The number of carboxylic acids is 1. The zero-order valence-corrected chi connectivity index (χ0v) is 19.1. The number of benzene rings is 2. The molecule has 0 fully saturated rings. The van der Waals surface area contributed by atoms with E-state index in [1.165, 1.54) is 43.3 Å². The molecule has 2 aromatic carbocycles. The molecule has 36 heavy (non-hydrogen) atoms. The first-order valence-corrected chi connectivity index (χ1v) is 10.5. The van der Waals surface area contributed by atoms with Gasteiger partial charge in [0.25, 0.3) is 17.7 Å². The molecule has 0 atom stereocenters. The molecular formula is C24H21F5N2O5. The van der Waals surface area contributed by atoms with Gasteiger partial charge in [-0.3, -0.25) is 9.59 Å². The minimum atomic E-state index is -5.01. The number of allylic oxidation sites excluding steroid dienone is 1. The monoisotopic (exact) mass is 512 g/mol. The number of anilines is 1. The van der Waals surface area contributed by atoms with Gasteiger partial charge in [-0.1, -0.05) is 18.2 Å². The summed E-state index contributed by atoms with van der Waals surface area (Å²) >= 11 is 0. The Kier molecular flexibility index (Phi) is 7.37. The Bertz CT molecular complexity index is 1220. The average Bonchev–Trinajstić information content (AvgIpc) is 2.90. The lowest BCUT2D eigenvalue weighted by Crippen LogP contribution is -2.34. The quantitative estimate of drug-likeness (QED) is 0.476. The number of ether oxygens (including phenoxy) is 1. The summed E-state index contributed by atoms with van der Waals surface area (Å²) in [7, 11) is 2.88. The maximum Gasteiger partial charge on any atom is 0.417 e. The van der Waals surface area contributed by atoms with E-state index in [0.717, 1.165) is 17.0 Å². The molecule has 1 heterocycles. The molecule has 0 saturated heterocycles. The SMILES string of the molecule is CN(C)C(=O)COc1ccc(C(=O)N2CCC(F)(F)C(=CC(=O)O)c3ccccc32)c(C(F)(F)F)c1. The van der Waals surface area contributed by atoms with E-state index in [0.29, 0.717) is 12.1 Å². The lowest BCUT2D eigenvalue weighted by atomic mass is 9.97. The van der Waals surface area contributed by atoms with Crippen molar-refractivity contribution < 1.29 is 46.2 Å². The predicted octanol–water partition coefficient (Wildman–Crippen LogP) is 4.33. The standard InChI is InChI=1S/C24H21F5N2O5/c1-30(2)20(32)13-36-14-7-8-16(18(11-14)24(27,28)29)22(35)31-10-9-23(25,26)17(12-21(33)34)15-5-3-4-6-19(15)31/h3-8,11-12H,9-10,13H2,1-2H3,(H,33,34). The highest BCUT2D eigenvalue weighted by atomic mass is 19.4. The Hall–Kier alpha value is -3.96. The molecule has 2 aromatic rings. The van der Waals surface area contributed by atoms with Gasteiger partial charge in [-0.05, 0) is 24.3 Å². The highest BCUT2D eigenvalue weighted by molar-refractivity contribution is 6.09. The number of hydrogen-bond donors (Lipinski definition) is 1. The van der Waals surface area contributed by atoms with Crippen molar-refractivity contribution in [2.75, 3.05) is 32.1 Å². The van der Waals surface area contributed by atoms with Crippen LogP contribution in [-0.4, -0.2) is 61.0 Å². The molecular weight excluding hydrogens is 491 g/mol. The number of likely N-dealkylation sites (N-methyl/N-ethyl adjacent to an activating group) is 1. The van der Waals surface area contributed by atoms with Crippen LogP contribution in [0.4, 0.5) is 27.6 Å². The lowest BCUT2D eigenvalue weighted by Gasteiger charge is -2.24. The van der Waals surface area contributed by atoms with Gasteiger partial charge in [0.1, 0.15) is 5.75 Å². The summed E-state index contributed by atoms with van der Waals surface area (Å²) in [6.45, 7) is -1.21. The summed E-state index contributed by atoms with van der Waals surface area (Å²) in [6, 6.07) is 7.64. The van der Waals surface area contributed by atoms with E-state index in [-0.39, 0.29) is 17.0 Å². The van der Waals surface area contributed by atoms with Gasteiger partial charge in [-0.15, -0.1) is 0 Å². The first-order chi connectivity index (χ1) is 16.7. The minimum absolute atomic E-state index is 0.155. The van der Waals surface area contributed by atoms with Gasteiger partial charge in [0, 0.05) is 44.3 Å². The number of carbonyl (C=O) groups is 3. The highest BCUT2D eigenvalue weighted by Gasteiger charge is 2.43. The van der Waals surface area contributed by atoms with Crippen LogP contribution in [-0.2, 0) is 15.8 Å². The Balaban J connectivity index is 2.07. The largest absolute Gasteiger partial charge is 0.484 e. The van der Waals surface area contributed by atoms with Gasteiger partial charge in [-0.2, -0.15) is 13.2 Å². The summed E-state index contributed by atoms with van der Waals surface area (Å²) in [5.41, 5.74) is -3.50. The number of fused-ring (bicyclic) bond motifs is 1. The van der Waals surface area contributed by atoms with Crippen LogP contribution in [0.25, 0.3) is 5.57 Å². The molecule has 1 N–H and O–H groups in total. The van der Waals surface area contributed by atoms with E-state index in [4.69, 9.17) is 9.84 Å². The van der Waals surface area contributed by atoms with Crippen LogP contribution >= 0.6 is 0 Å². The highest BCUT2D eigenvalue weighted by Crippen LogP contribution is 2.44. The van der Waals surface area contributed by atoms with Crippen LogP contribution in [0.1, 0.15) is 27.9 Å². The Morgan fingerprint density at radius 3 is 2.42 bits per heavy atom. The van der Waals surface area contributed by atoms with Crippen molar-refractivity contribution in [3.05, 3.63) is 65.2 Å². The maximum atomic E-state index is 14.8. The van der Waals surface area contributed by atoms with Gasteiger partial charge in [0.2, 0.25) is 0 Å². The van der Waals surface area contributed by atoms with Crippen molar-refractivity contribution in [3.8, 4) is 5.75 Å². The molecule has 0 spiro atoms. The van der Waals surface area contributed by atoms with Crippen LogP contribution in [0.5, 0.6) is 5.75 Å². The normalized spacial score (nSPS) is 16.2. The Labute approximate surface area is 202 Å². The molecule has 1 aliphatic heterocycles. The second-order valence-electron chi connectivity index (χ2n) is 8.11. The topological polar surface area (TPSA) is 87.2 Å². The molecule has 0 unspecified atom stereocenters. The fourth-order valence-electron chi connectivity index (χ4n) is 3.61. The Morgan fingerprint density at radius 1 is 1.14 bits per heavy atom. The molecule has 12 heteroatoms. The summed E-state index contributed by atoms with van der Waals surface area (Å²) < 4.78 is 76.5. The average molecular weight is 512 g/mol. The molecule has 0 bridgehead atoms. The van der Waals surface area contributed by atoms with Crippen LogP contribution in [0.3, 0.4) is 0 Å². The van der Waals surface area contributed by atoms with Gasteiger partial charge < -0.3 is 19.6 Å². The fraction of sp³-hybridized carbons (Fsp3) is 0.292. The van der Waals surface area contributed by atoms with Crippen molar-refractivity contribution in [2.45, 2.75) is 18.5 Å². The molecule has 3 rings (SSSR count). The maximum absolute atomic E-state index is 14.8. The van der Waals surface area contributed by atoms with Gasteiger partial charge in [0.15, 0.2) is 6.61 Å². The number of halogens is 5. The number of aliphatic carboxylic acids is 1. The molecule has 7 nitrogen and oxygen atoms in total. The predicted molar refractivity (Wildman–Crippen MR) is 119 cm³/mol. The van der Waals surface area contributed by atoms with E-state index in [2.05, 4.69) is 0 Å². The zero-order chi connectivity index (χ0) is 26.8. The lowest BCUT2D eigenvalue weighted by molar-refractivity contribution is -0.138. The van der Waals surface area contributed by atoms with Crippen molar-refractivity contribution in [1.82, 2.24) is 4.90 Å². The molecule has 0 aliphatic carbocycles. The van der Waals surface area contributed by atoms with E-state index < -0.39 is 66.2 Å². The van der Waals surface area contributed by atoms with E-state index >= 15 is 0 Å². The number of carbonyl (C=O) groups excluding carboxylic acids is 2. The summed E-state index contributed by atoms with van der Waals surface area (Å²) in [5.74, 6) is -7.33. The number of carboxylic acid groups (broad SMARTS) is 1. The molecule has 0 radical (unpaired) electrons. The zero-order valence-electron chi connectivity index (χ0n) is 19.1. The van der Waals surface area contributed by atoms with E-state index in [9.17, 15) is 36.3 Å². The van der Waals surface area contributed by atoms with Gasteiger partial charge >= 0.3 is 12.1 Å². The molecule has 192 valence electrons. The summed E-state index contributed by atoms with van der Waals surface area (Å²) in [4.78, 5) is 38.2. The number of nitrogens with zero attached hydrogens (tertiary/aromatic N) is 2. The van der Waals surface area contributed by atoms with Crippen LogP contribution < -0.4 is 9.64 Å². The molecule has 1 aliphatic rings. The van der Waals surface area contributed by atoms with E-state index in [1.54, 1.807) is 0 Å². The van der Waals surface area contributed by atoms with Crippen LogP contribution in [0, 0.1) is 0 Å². The van der Waals surface area contributed by atoms with Gasteiger partial charge in [-0.25, -0.2) is 13.6 Å². The number of hydrogen-bond acceptors (Lipinski definition) is 4. The van der Waals surface area contributed by atoms with Gasteiger partial charge in [0.05, 0.1) is 16.8 Å². The fourth-order valence-corrected chi connectivity index (χ4v) is 3.61. The summed E-state index contributed by atoms with van der Waals surface area (Å²) in [6.07, 6.45) is -5.70. The molecule has 0 saturated carbocycles. The smallest absolute Gasteiger partial charge is 0.417 e. The van der Waals surface area contributed by atoms with E-state index in [1.807, 2.05) is 0 Å². The molecule has 0 aromatic heterocycles. The van der Waals surface area contributed by atoms with Crippen molar-refractivity contribution in [2.24, 2.45) is 0 Å². The third-order valence-electron chi connectivity index (χ3n) is 5.43.